The topological polar surface area (TPSA) is 30.5 Å². The van der Waals surface area contributed by atoms with Crippen LogP contribution in [0.15, 0.2) is 30.3 Å². The lowest BCUT2D eigenvalue weighted by molar-refractivity contribution is -0.0155. The fourth-order valence-electron chi connectivity index (χ4n) is 2.15. The minimum Gasteiger partial charge on any atom is -0.378 e. The van der Waals surface area contributed by atoms with Crippen LogP contribution < -0.4 is 5.32 Å². The summed E-state index contributed by atoms with van der Waals surface area (Å²) in [7, 11) is 1.77. The molecule has 0 spiro atoms. The van der Waals surface area contributed by atoms with Gasteiger partial charge in [0.25, 0.3) is 0 Å². The Morgan fingerprint density at radius 3 is 2.82 bits per heavy atom. The molecule has 0 radical (unpaired) electrons. The number of methoxy groups -OCH3 is 1. The molecule has 2 rings (SSSR count). The summed E-state index contributed by atoms with van der Waals surface area (Å²) in [5, 5.41) is 3.46. The van der Waals surface area contributed by atoms with E-state index in [1.165, 1.54) is 5.56 Å². The number of rotatable bonds is 6. The molecule has 0 amide bonds. The molecule has 1 heterocycles. The third kappa shape index (κ3) is 3.53. The highest BCUT2D eigenvalue weighted by atomic mass is 16.5. The van der Waals surface area contributed by atoms with E-state index in [2.05, 4.69) is 29.6 Å². The molecule has 94 valence electrons. The summed E-state index contributed by atoms with van der Waals surface area (Å²) < 4.78 is 11.0. The van der Waals surface area contributed by atoms with Gasteiger partial charge >= 0.3 is 0 Å². The summed E-state index contributed by atoms with van der Waals surface area (Å²) in [4.78, 5) is 0. The van der Waals surface area contributed by atoms with E-state index < -0.39 is 0 Å². The molecule has 1 aromatic carbocycles. The number of benzene rings is 1. The van der Waals surface area contributed by atoms with E-state index >= 15 is 0 Å². The zero-order chi connectivity index (χ0) is 12.0. The number of hydrogen-bond donors (Lipinski definition) is 1. The first kappa shape index (κ1) is 12.6. The highest BCUT2D eigenvalue weighted by Crippen LogP contribution is 2.21. The molecule has 0 bridgehead atoms. The van der Waals surface area contributed by atoms with E-state index in [0.29, 0.717) is 6.61 Å². The second-order valence-corrected chi connectivity index (χ2v) is 4.60. The largest absolute Gasteiger partial charge is 0.378 e. The summed E-state index contributed by atoms with van der Waals surface area (Å²) in [5.74, 6) is 0. The van der Waals surface area contributed by atoms with Crippen LogP contribution in [0.4, 0.5) is 0 Å². The molecule has 1 saturated heterocycles. The van der Waals surface area contributed by atoms with Gasteiger partial charge in [-0.3, -0.25) is 0 Å². The third-order valence-electron chi connectivity index (χ3n) is 3.38. The van der Waals surface area contributed by atoms with Gasteiger partial charge in [-0.15, -0.1) is 0 Å². The normalized spacial score (nSPS) is 24.1. The Kier molecular flexibility index (Phi) is 4.54. The van der Waals surface area contributed by atoms with Gasteiger partial charge in [0, 0.05) is 26.7 Å². The molecule has 17 heavy (non-hydrogen) atoms. The van der Waals surface area contributed by atoms with Crippen LogP contribution in [0.2, 0.25) is 0 Å². The van der Waals surface area contributed by atoms with Crippen molar-refractivity contribution in [2.75, 3.05) is 33.4 Å². The van der Waals surface area contributed by atoms with Crippen molar-refractivity contribution in [1.29, 1.82) is 0 Å². The fraction of sp³-hybridized carbons (Fsp3) is 0.571. The summed E-state index contributed by atoms with van der Waals surface area (Å²) in [5.41, 5.74) is 1.27. The lowest BCUT2D eigenvalue weighted by Crippen LogP contribution is -2.43. The Morgan fingerprint density at radius 1 is 1.35 bits per heavy atom. The summed E-state index contributed by atoms with van der Waals surface area (Å²) >= 11 is 0. The fourth-order valence-corrected chi connectivity index (χ4v) is 2.15. The molecule has 1 aliphatic heterocycles. The monoisotopic (exact) mass is 235 g/mol. The SMILES string of the molecule is COC1(CNCCc2ccccc2)CCOC1. The molecule has 3 heteroatoms. The average Bonchev–Trinajstić information content (AvgIpc) is 2.85. The van der Waals surface area contributed by atoms with Crippen LogP contribution in [0.1, 0.15) is 12.0 Å². The van der Waals surface area contributed by atoms with Gasteiger partial charge in [-0.25, -0.2) is 0 Å². The van der Waals surface area contributed by atoms with Gasteiger partial charge in [0.2, 0.25) is 0 Å². The number of hydrogen-bond acceptors (Lipinski definition) is 3. The van der Waals surface area contributed by atoms with Crippen molar-refractivity contribution < 1.29 is 9.47 Å². The summed E-state index contributed by atoms with van der Waals surface area (Å²) in [6.07, 6.45) is 2.04. The molecular weight excluding hydrogens is 214 g/mol. The second kappa shape index (κ2) is 6.15. The van der Waals surface area contributed by atoms with Gasteiger partial charge in [0.15, 0.2) is 0 Å². The van der Waals surface area contributed by atoms with Crippen LogP contribution in [-0.2, 0) is 15.9 Å². The van der Waals surface area contributed by atoms with Crippen molar-refractivity contribution in [1.82, 2.24) is 5.32 Å². The van der Waals surface area contributed by atoms with Crippen LogP contribution in [0.25, 0.3) is 0 Å². The Balaban J connectivity index is 1.69. The molecular formula is C14H21NO2. The Bertz CT molecular complexity index is 320. The molecule has 1 atom stereocenters. The first-order valence-electron chi connectivity index (χ1n) is 6.22. The maximum Gasteiger partial charge on any atom is 0.106 e. The molecule has 1 aliphatic rings. The van der Waals surface area contributed by atoms with Crippen molar-refractivity contribution in [2.24, 2.45) is 0 Å². The van der Waals surface area contributed by atoms with E-state index in [9.17, 15) is 0 Å². The highest BCUT2D eigenvalue weighted by molar-refractivity contribution is 5.14. The molecule has 1 fully saturated rings. The van der Waals surface area contributed by atoms with Crippen LogP contribution in [0, 0.1) is 0 Å². The second-order valence-electron chi connectivity index (χ2n) is 4.60. The number of ether oxygens (including phenoxy) is 2. The Hall–Kier alpha value is -0.900. The van der Waals surface area contributed by atoms with Gasteiger partial charge in [0.05, 0.1) is 6.61 Å². The van der Waals surface area contributed by atoms with Gasteiger partial charge < -0.3 is 14.8 Å². The predicted octanol–water partition coefficient (Wildman–Crippen LogP) is 1.62. The van der Waals surface area contributed by atoms with Gasteiger partial charge in [-0.2, -0.15) is 0 Å². The lowest BCUT2D eigenvalue weighted by Gasteiger charge is -2.26. The van der Waals surface area contributed by atoms with E-state index in [0.717, 1.165) is 32.5 Å². The van der Waals surface area contributed by atoms with Crippen LogP contribution in [0.5, 0.6) is 0 Å². The lowest BCUT2D eigenvalue weighted by atomic mass is 10.0. The van der Waals surface area contributed by atoms with Gasteiger partial charge in [0.1, 0.15) is 5.60 Å². The Labute approximate surface area is 103 Å². The van der Waals surface area contributed by atoms with E-state index in [1.807, 2.05) is 6.07 Å². The Morgan fingerprint density at radius 2 is 2.18 bits per heavy atom. The maximum absolute atomic E-state index is 5.56. The number of nitrogens with one attached hydrogen (secondary N) is 1. The highest BCUT2D eigenvalue weighted by Gasteiger charge is 2.34. The molecule has 1 aromatic rings. The molecule has 0 saturated carbocycles. The van der Waals surface area contributed by atoms with E-state index in [1.54, 1.807) is 7.11 Å². The quantitative estimate of drug-likeness (QED) is 0.760. The summed E-state index contributed by atoms with van der Waals surface area (Å²) in [6, 6.07) is 10.5. The van der Waals surface area contributed by atoms with Crippen molar-refractivity contribution in [3.05, 3.63) is 35.9 Å². The van der Waals surface area contributed by atoms with Crippen molar-refractivity contribution >= 4 is 0 Å². The standard InChI is InChI=1S/C14H21NO2/c1-16-14(8-10-17-12-14)11-15-9-7-13-5-3-2-4-6-13/h2-6,15H,7-12H2,1H3. The maximum atomic E-state index is 5.56. The molecule has 1 N–H and O–H groups in total. The minimum atomic E-state index is -0.101. The van der Waals surface area contributed by atoms with Crippen LogP contribution in [-0.4, -0.2) is 39.0 Å². The third-order valence-corrected chi connectivity index (χ3v) is 3.38. The van der Waals surface area contributed by atoms with Crippen LogP contribution in [0.3, 0.4) is 0 Å². The van der Waals surface area contributed by atoms with Gasteiger partial charge in [-0.05, 0) is 18.5 Å². The van der Waals surface area contributed by atoms with Gasteiger partial charge in [-0.1, -0.05) is 30.3 Å². The predicted molar refractivity (Wildman–Crippen MR) is 68.2 cm³/mol. The van der Waals surface area contributed by atoms with Crippen molar-refractivity contribution in [2.45, 2.75) is 18.4 Å². The van der Waals surface area contributed by atoms with Crippen LogP contribution >= 0.6 is 0 Å². The van der Waals surface area contributed by atoms with E-state index in [-0.39, 0.29) is 5.60 Å². The molecule has 0 aromatic heterocycles. The smallest absolute Gasteiger partial charge is 0.106 e. The molecule has 1 unspecified atom stereocenters. The average molecular weight is 235 g/mol. The van der Waals surface area contributed by atoms with Crippen molar-refractivity contribution in [3.63, 3.8) is 0 Å². The first-order valence-corrected chi connectivity index (χ1v) is 6.22. The first-order chi connectivity index (χ1) is 8.35. The van der Waals surface area contributed by atoms with Crippen molar-refractivity contribution in [3.8, 4) is 0 Å². The van der Waals surface area contributed by atoms with E-state index in [4.69, 9.17) is 9.47 Å². The zero-order valence-corrected chi connectivity index (χ0v) is 10.4. The molecule has 0 aliphatic carbocycles. The minimum absolute atomic E-state index is 0.101. The summed E-state index contributed by atoms with van der Waals surface area (Å²) in [6.45, 7) is 3.38. The molecule has 3 nitrogen and oxygen atoms in total. The zero-order valence-electron chi connectivity index (χ0n) is 10.4.